The van der Waals surface area contributed by atoms with Gasteiger partial charge in [0.15, 0.2) is 0 Å². The van der Waals surface area contributed by atoms with Gasteiger partial charge in [0.25, 0.3) is 0 Å². The highest BCUT2D eigenvalue weighted by Crippen LogP contribution is 2.37. The summed E-state index contributed by atoms with van der Waals surface area (Å²) in [6, 6.07) is 5.36. The number of aliphatic hydroxyl groups is 2. The van der Waals surface area contributed by atoms with Crippen LogP contribution in [0.25, 0.3) is 0 Å². The number of nitrogens with zero attached hydrogens (tertiary/aromatic N) is 1. The zero-order valence-corrected chi connectivity index (χ0v) is 17.0. The molecule has 1 unspecified atom stereocenters. The predicted octanol–water partition coefficient (Wildman–Crippen LogP) is -0.578. The number of aliphatic imine (C=N–C) groups is 1. The van der Waals surface area contributed by atoms with Gasteiger partial charge in [-0.25, -0.2) is 10.7 Å². The van der Waals surface area contributed by atoms with E-state index in [2.05, 4.69) is 4.99 Å². The fraction of sp³-hybridized carbons (Fsp3) is 0.600. The third-order valence-corrected chi connectivity index (χ3v) is 6.04. The highest BCUT2D eigenvalue weighted by atomic mass is 16.7. The third-order valence-electron chi connectivity index (χ3n) is 6.04. The van der Waals surface area contributed by atoms with Gasteiger partial charge in [-0.15, -0.1) is 0 Å². The van der Waals surface area contributed by atoms with Crippen molar-refractivity contribution in [1.29, 1.82) is 0 Å². The van der Waals surface area contributed by atoms with Gasteiger partial charge in [-0.05, 0) is 62.8 Å². The summed E-state index contributed by atoms with van der Waals surface area (Å²) in [4.78, 5) is 20.8. The Balaban J connectivity index is 1.66. The number of nitrogens with two attached hydrogens (primary N) is 3. The van der Waals surface area contributed by atoms with Crippen LogP contribution in [0.1, 0.15) is 43.7 Å². The summed E-state index contributed by atoms with van der Waals surface area (Å²) in [6.45, 7) is 1.08. The summed E-state index contributed by atoms with van der Waals surface area (Å²) in [5.41, 5.74) is 11.9. The Bertz CT molecular complexity index is 826. The average Bonchev–Trinajstić information content (AvgIpc) is 2.70. The number of aliphatic carboxylic acids is 1. The van der Waals surface area contributed by atoms with Crippen molar-refractivity contribution in [2.75, 3.05) is 6.61 Å². The maximum Gasteiger partial charge on any atom is 0.341 e. The quantitative estimate of drug-likeness (QED) is 0.181. The Kier molecular flexibility index (Phi) is 6.34. The summed E-state index contributed by atoms with van der Waals surface area (Å²) in [7, 11) is 0. The molecule has 1 aromatic rings. The van der Waals surface area contributed by atoms with E-state index in [4.69, 9.17) is 32.0 Å². The number of carboxylic acids is 1. The van der Waals surface area contributed by atoms with Gasteiger partial charge in [-0.1, -0.05) is 0 Å². The van der Waals surface area contributed by atoms with Crippen LogP contribution in [-0.4, -0.2) is 63.1 Å². The number of aliphatic hydroxyl groups excluding tert-OH is 2. The van der Waals surface area contributed by atoms with Crippen molar-refractivity contribution >= 4 is 11.8 Å². The van der Waals surface area contributed by atoms with Crippen molar-refractivity contribution in [3.8, 4) is 5.75 Å². The Morgan fingerprint density at radius 2 is 2.17 bits per heavy atom. The molecule has 10 heteroatoms. The van der Waals surface area contributed by atoms with Gasteiger partial charge < -0.3 is 31.5 Å². The first kappa shape index (κ1) is 22.4. The van der Waals surface area contributed by atoms with Crippen LogP contribution < -0.4 is 22.1 Å². The highest BCUT2D eigenvalue weighted by Gasteiger charge is 2.46. The lowest BCUT2D eigenvalue weighted by atomic mass is 9.70. The van der Waals surface area contributed by atoms with Crippen LogP contribution in [0.4, 0.5) is 0 Å². The molecule has 1 aliphatic carbocycles. The van der Waals surface area contributed by atoms with Crippen LogP contribution >= 0.6 is 0 Å². The molecule has 1 heterocycles. The summed E-state index contributed by atoms with van der Waals surface area (Å²) in [5.74, 6) is 4.98. The minimum atomic E-state index is -1.64. The molecule has 1 saturated carbocycles. The van der Waals surface area contributed by atoms with Crippen LogP contribution in [-0.2, 0) is 16.1 Å². The lowest BCUT2D eigenvalue weighted by Crippen LogP contribution is -2.56. The molecule has 0 aromatic heterocycles. The number of rotatable bonds is 8. The second-order valence-electron chi connectivity index (χ2n) is 8.48. The number of hydrogen-bond acceptors (Lipinski definition) is 8. The fourth-order valence-corrected chi connectivity index (χ4v) is 4.14. The zero-order valence-electron chi connectivity index (χ0n) is 17.0. The average molecular weight is 422 g/mol. The smallest absolute Gasteiger partial charge is 0.341 e. The lowest BCUT2D eigenvalue weighted by Gasteiger charge is -2.44. The van der Waals surface area contributed by atoms with E-state index in [1.807, 2.05) is 6.07 Å². The molecular formula is C20H30N4O6. The largest absolute Gasteiger partial charge is 0.486 e. The van der Waals surface area contributed by atoms with Crippen molar-refractivity contribution in [3.05, 3.63) is 29.3 Å². The van der Waals surface area contributed by atoms with E-state index in [0.29, 0.717) is 43.7 Å². The van der Waals surface area contributed by atoms with E-state index in [0.717, 1.165) is 11.1 Å². The van der Waals surface area contributed by atoms with E-state index in [1.54, 1.807) is 12.1 Å². The highest BCUT2D eigenvalue weighted by molar-refractivity contribution is 5.98. The standard InChI is InChI=1S/C20H30N4O6/c1-19(30-23,18(27)28)16-5-3-11-6-12(2-4-15(11)29-16)17(21)24-13-7-20(22,8-13)9-14(26)10-25/h2,4,6,13-14,16,25-26H,3,5,7-10,22-23H2,1H3,(H2,21,24)(H,27,28)/t13?,14?,16-,19+,20?/m1/s1. The van der Waals surface area contributed by atoms with Crippen LogP contribution in [0.2, 0.25) is 0 Å². The zero-order chi connectivity index (χ0) is 22.1. The molecule has 9 N–H and O–H groups in total. The van der Waals surface area contributed by atoms with Crippen LogP contribution in [0.15, 0.2) is 23.2 Å². The molecule has 1 aromatic carbocycles. The molecule has 0 bridgehead atoms. The Labute approximate surface area is 174 Å². The Hall–Kier alpha value is -2.24. The summed E-state index contributed by atoms with van der Waals surface area (Å²) >= 11 is 0. The summed E-state index contributed by atoms with van der Waals surface area (Å²) in [5, 5.41) is 28.0. The maximum absolute atomic E-state index is 11.5. The Morgan fingerprint density at radius 1 is 1.47 bits per heavy atom. The minimum Gasteiger partial charge on any atom is -0.486 e. The minimum absolute atomic E-state index is 0.0319. The van der Waals surface area contributed by atoms with Gasteiger partial charge >= 0.3 is 5.97 Å². The first-order valence-corrected chi connectivity index (χ1v) is 9.92. The van der Waals surface area contributed by atoms with Crippen LogP contribution in [0.5, 0.6) is 5.75 Å². The van der Waals surface area contributed by atoms with Gasteiger partial charge in [0, 0.05) is 11.1 Å². The fourth-order valence-electron chi connectivity index (χ4n) is 4.14. The normalized spacial score (nSPS) is 29.2. The SMILES string of the molecule is C[C@@](ON)(C(=O)O)[C@H]1CCc2cc(C(N)=NC3CC(N)(CC(O)CO)C3)ccc2O1. The first-order chi connectivity index (χ1) is 14.1. The monoisotopic (exact) mass is 422 g/mol. The van der Waals surface area contributed by atoms with E-state index >= 15 is 0 Å². The van der Waals surface area contributed by atoms with Crippen molar-refractivity contribution in [2.24, 2.45) is 22.4 Å². The molecule has 1 aliphatic heterocycles. The topological polar surface area (TPSA) is 187 Å². The molecule has 2 aliphatic rings. The molecule has 30 heavy (non-hydrogen) atoms. The molecule has 3 atom stereocenters. The summed E-state index contributed by atoms with van der Waals surface area (Å²) in [6.07, 6.45) is 0.983. The van der Waals surface area contributed by atoms with Crippen LogP contribution in [0.3, 0.4) is 0 Å². The number of carbonyl (C=O) groups is 1. The van der Waals surface area contributed by atoms with Crippen molar-refractivity contribution in [2.45, 2.75) is 68.4 Å². The number of aryl methyl sites for hydroxylation is 1. The maximum atomic E-state index is 11.5. The second kappa shape index (κ2) is 8.48. The molecule has 166 valence electrons. The number of fused-ring (bicyclic) bond motifs is 1. The van der Waals surface area contributed by atoms with Gasteiger partial charge in [-0.2, -0.15) is 0 Å². The lowest BCUT2D eigenvalue weighted by molar-refractivity contribution is -0.179. The number of hydrogen-bond donors (Lipinski definition) is 6. The second-order valence-corrected chi connectivity index (χ2v) is 8.48. The van der Waals surface area contributed by atoms with E-state index < -0.39 is 29.3 Å². The molecule has 0 spiro atoms. The molecule has 1 fully saturated rings. The Morgan fingerprint density at radius 3 is 2.77 bits per heavy atom. The summed E-state index contributed by atoms with van der Waals surface area (Å²) < 4.78 is 5.85. The van der Waals surface area contributed by atoms with Gasteiger partial charge in [0.1, 0.15) is 17.7 Å². The molecule has 3 rings (SSSR count). The van der Waals surface area contributed by atoms with Crippen molar-refractivity contribution < 1.29 is 29.7 Å². The van der Waals surface area contributed by atoms with E-state index in [-0.39, 0.29) is 12.6 Å². The molecule has 10 nitrogen and oxygen atoms in total. The first-order valence-electron chi connectivity index (χ1n) is 9.92. The van der Waals surface area contributed by atoms with Crippen molar-refractivity contribution in [1.82, 2.24) is 0 Å². The van der Waals surface area contributed by atoms with Crippen LogP contribution in [0, 0.1) is 0 Å². The van der Waals surface area contributed by atoms with Gasteiger partial charge in [0.2, 0.25) is 5.60 Å². The van der Waals surface area contributed by atoms with E-state index in [1.165, 1.54) is 6.92 Å². The molecule has 0 radical (unpaired) electrons. The number of ether oxygens (including phenoxy) is 1. The van der Waals surface area contributed by atoms with E-state index in [9.17, 15) is 15.0 Å². The number of amidine groups is 1. The third kappa shape index (κ3) is 4.42. The van der Waals surface area contributed by atoms with Crippen molar-refractivity contribution in [3.63, 3.8) is 0 Å². The predicted molar refractivity (Wildman–Crippen MR) is 109 cm³/mol. The number of carboxylic acid groups (broad SMARTS) is 1. The number of benzene rings is 1. The molecular weight excluding hydrogens is 392 g/mol. The van der Waals surface area contributed by atoms with Gasteiger partial charge in [-0.3, -0.25) is 9.83 Å². The molecule has 0 amide bonds. The van der Waals surface area contributed by atoms with Gasteiger partial charge in [0.05, 0.1) is 18.8 Å². The molecule has 0 saturated heterocycles.